The van der Waals surface area contributed by atoms with E-state index < -0.39 is 0 Å². The Morgan fingerprint density at radius 3 is 1.03 bits per heavy atom. The quantitative estimate of drug-likeness (QED) is 0.451. The number of rotatable bonds is 4. The third-order valence-corrected chi connectivity index (χ3v) is 4.60. The predicted molar refractivity (Wildman–Crippen MR) is 116 cm³/mol. The highest BCUT2D eigenvalue weighted by molar-refractivity contribution is 5.49. The van der Waals surface area contributed by atoms with Gasteiger partial charge in [0.25, 0.3) is 0 Å². The van der Waals surface area contributed by atoms with E-state index in [-0.39, 0.29) is 0 Å². The van der Waals surface area contributed by atoms with Crippen molar-refractivity contribution in [2.45, 2.75) is 13.8 Å². The molecule has 0 aliphatic rings. The molecule has 5 nitrogen and oxygen atoms in total. The molecular formula is C26H20O5. The summed E-state index contributed by atoms with van der Waals surface area (Å²) in [4.78, 5) is 0. The summed E-state index contributed by atoms with van der Waals surface area (Å²) in [6.45, 7) is 3.82. The molecule has 0 saturated heterocycles. The van der Waals surface area contributed by atoms with E-state index in [2.05, 4.69) is 0 Å². The van der Waals surface area contributed by atoms with Crippen LogP contribution in [-0.4, -0.2) is 0 Å². The highest BCUT2D eigenvalue weighted by Crippen LogP contribution is 2.10. The molecular weight excluding hydrogens is 392 g/mol. The molecule has 0 aliphatic carbocycles. The third kappa shape index (κ3) is 4.56. The summed E-state index contributed by atoms with van der Waals surface area (Å²) in [5.41, 5.74) is 2.81. The summed E-state index contributed by atoms with van der Waals surface area (Å²) >= 11 is 0. The van der Waals surface area contributed by atoms with Gasteiger partial charge in [0, 0.05) is 24.3 Å². The molecule has 5 heteroatoms. The van der Waals surface area contributed by atoms with E-state index in [0.29, 0.717) is 33.2 Å². The molecule has 0 fully saturated rings. The third-order valence-electron chi connectivity index (χ3n) is 4.60. The molecule has 5 aromatic rings. The smallest absolute Gasteiger partial charge is 0.131 e. The summed E-state index contributed by atoms with van der Waals surface area (Å²) < 4.78 is 28.6. The number of aryl methyl sites for hydroxylation is 2. The van der Waals surface area contributed by atoms with Crippen LogP contribution in [0.25, 0.3) is 24.3 Å². The molecule has 5 aromatic heterocycles. The van der Waals surface area contributed by atoms with Crippen molar-refractivity contribution < 1.29 is 22.1 Å². The summed E-state index contributed by atoms with van der Waals surface area (Å²) in [5.74, 6) is 4.61. The van der Waals surface area contributed by atoms with Gasteiger partial charge in [0.05, 0.1) is 0 Å². The molecule has 0 unspecified atom stereocenters. The first kappa shape index (κ1) is 18.9. The maximum Gasteiger partial charge on any atom is 0.131 e. The maximum atomic E-state index is 5.86. The lowest BCUT2D eigenvalue weighted by atomic mass is 10.3. The Morgan fingerprint density at radius 2 is 0.710 bits per heavy atom. The molecule has 5 rings (SSSR count). The Bertz CT molecular complexity index is 1450. The zero-order valence-electron chi connectivity index (χ0n) is 17.1. The van der Waals surface area contributed by atoms with E-state index in [1.165, 1.54) is 0 Å². The molecule has 5 heterocycles. The first-order valence-electron chi connectivity index (χ1n) is 9.90. The van der Waals surface area contributed by atoms with Gasteiger partial charge in [0.2, 0.25) is 0 Å². The van der Waals surface area contributed by atoms with Gasteiger partial charge in [-0.1, -0.05) is 0 Å². The SMILES string of the molecule is Cc1ccc(/C=c2/cc/c(=C/c3ccc(/C=c4/cc/c(=C/c5ccc(C)o5)o4)o3)o2)o1. The number of hydrogen-bond acceptors (Lipinski definition) is 5. The molecule has 0 saturated carbocycles. The first-order chi connectivity index (χ1) is 15.1. The van der Waals surface area contributed by atoms with E-state index in [9.17, 15) is 0 Å². The summed E-state index contributed by atoms with van der Waals surface area (Å²) in [5, 5.41) is 0. The fourth-order valence-corrected chi connectivity index (χ4v) is 3.19. The Labute approximate surface area is 177 Å². The Morgan fingerprint density at radius 1 is 0.387 bits per heavy atom. The van der Waals surface area contributed by atoms with Gasteiger partial charge in [-0.3, -0.25) is 0 Å². The largest absolute Gasteiger partial charge is 0.462 e. The van der Waals surface area contributed by atoms with Crippen molar-refractivity contribution in [3.63, 3.8) is 0 Å². The second-order valence-electron chi connectivity index (χ2n) is 7.19. The van der Waals surface area contributed by atoms with Gasteiger partial charge in [0.1, 0.15) is 56.2 Å². The van der Waals surface area contributed by atoms with Crippen LogP contribution in [0.1, 0.15) is 34.6 Å². The minimum absolute atomic E-state index is 0.686. The number of hydrogen-bond donors (Lipinski definition) is 0. The highest BCUT2D eigenvalue weighted by atomic mass is 16.4. The van der Waals surface area contributed by atoms with Gasteiger partial charge in [-0.15, -0.1) is 0 Å². The van der Waals surface area contributed by atoms with Crippen LogP contribution in [-0.2, 0) is 0 Å². The average molecular weight is 412 g/mol. The first-order valence-corrected chi connectivity index (χ1v) is 9.90. The van der Waals surface area contributed by atoms with Crippen molar-refractivity contribution in [3.05, 3.63) is 117 Å². The second-order valence-corrected chi connectivity index (χ2v) is 7.19. The van der Waals surface area contributed by atoms with Crippen LogP contribution in [0.2, 0.25) is 0 Å². The Kier molecular flexibility index (Phi) is 4.84. The predicted octanol–water partition coefficient (Wildman–Crippen LogP) is 3.58. The van der Waals surface area contributed by atoms with E-state index >= 15 is 0 Å². The fraction of sp³-hybridized carbons (Fsp3) is 0.0769. The molecule has 0 aromatic carbocycles. The van der Waals surface area contributed by atoms with Crippen LogP contribution in [0.15, 0.2) is 82.7 Å². The van der Waals surface area contributed by atoms with Crippen molar-refractivity contribution in [2.75, 3.05) is 0 Å². The minimum atomic E-state index is 0.686. The zero-order chi connectivity index (χ0) is 21.2. The fourth-order valence-electron chi connectivity index (χ4n) is 3.19. The van der Waals surface area contributed by atoms with E-state index in [1.807, 2.05) is 98.8 Å². The van der Waals surface area contributed by atoms with Crippen LogP contribution in [0.3, 0.4) is 0 Å². The van der Waals surface area contributed by atoms with Gasteiger partial charge in [-0.2, -0.15) is 0 Å². The highest BCUT2D eigenvalue weighted by Gasteiger charge is 2.00. The lowest BCUT2D eigenvalue weighted by Crippen LogP contribution is -1.99. The van der Waals surface area contributed by atoms with Crippen LogP contribution < -0.4 is 21.7 Å². The minimum Gasteiger partial charge on any atom is -0.462 e. The van der Waals surface area contributed by atoms with Crippen LogP contribution in [0, 0.1) is 13.8 Å². The Hall–Kier alpha value is -4.12. The van der Waals surface area contributed by atoms with Gasteiger partial charge < -0.3 is 22.1 Å². The van der Waals surface area contributed by atoms with Crippen LogP contribution in [0.5, 0.6) is 0 Å². The lowest BCUT2D eigenvalue weighted by molar-refractivity contribution is 0.488. The molecule has 0 aliphatic heterocycles. The molecule has 0 amide bonds. The second kappa shape index (κ2) is 7.95. The van der Waals surface area contributed by atoms with Gasteiger partial charge in [-0.25, -0.2) is 0 Å². The number of furan rings is 5. The molecule has 0 N–H and O–H groups in total. The summed E-state index contributed by atoms with van der Waals surface area (Å²) in [6.07, 6.45) is 7.37. The van der Waals surface area contributed by atoms with Crippen molar-refractivity contribution in [3.8, 4) is 0 Å². The van der Waals surface area contributed by atoms with Crippen molar-refractivity contribution in [2.24, 2.45) is 0 Å². The normalized spacial score (nSPS) is 14.3. The average Bonchev–Trinajstić information content (AvgIpc) is 3.54. The van der Waals surface area contributed by atoms with Gasteiger partial charge in [0.15, 0.2) is 0 Å². The molecule has 0 radical (unpaired) electrons. The molecule has 0 spiro atoms. The van der Waals surface area contributed by atoms with Crippen molar-refractivity contribution in [1.82, 2.24) is 0 Å². The summed E-state index contributed by atoms with van der Waals surface area (Å²) in [7, 11) is 0. The standard InChI is InChI=1S/C26H20O5/c1-17-3-5-19(27-17)13-21-7-9-23(29-21)15-25-11-12-26(31-25)16-24-10-8-22(30-24)14-20-6-4-18(2)28-20/h3-16H,1-2H3/b21-13-,22-14-,23-15-,24-16-. The van der Waals surface area contributed by atoms with Crippen LogP contribution >= 0.6 is 0 Å². The van der Waals surface area contributed by atoms with E-state index in [1.54, 1.807) is 0 Å². The molecule has 31 heavy (non-hydrogen) atoms. The lowest BCUT2D eigenvalue weighted by Gasteiger charge is -1.85. The monoisotopic (exact) mass is 412 g/mol. The van der Waals surface area contributed by atoms with E-state index in [4.69, 9.17) is 22.1 Å². The maximum absolute atomic E-state index is 5.86. The Balaban J connectivity index is 1.37. The van der Waals surface area contributed by atoms with Gasteiger partial charge in [-0.05, 0) is 74.5 Å². The molecule has 154 valence electrons. The van der Waals surface area contributed by atoms with E-state index in [0.717, 1.165) is 23.0 Å². The van der Waals surface area contributed by atoms with Crippen molar-refractivity contribution >= 4 is 24.3 Å². The summed E-state index contributed by atoms with van der Waals surface area (Å²) in [6, 6.07) is 19.0. The topological polar surface area (TPSA) is 65.7 Å². The van der Waals surface area contributed by atoms with Gasteiger partial charge >= 0.3 is 0 Å². The van der Waals surface area contributed by atoms with Crippen LogP contribution in [0.4, 0.5) is 0 Å². The molecule has 0 bridgehead atoms. The molecule has 0 atom stereocenters. The zero-order valence-corrected chi connectivity index (χ0v) is 17.1. The van der Waals surface area contributed by atoms with Crippen molar-refractivity contribution in [1.29, 1.82) is 0 Å².